The first-order chi connectivity index (χ1) is 19.1. The third-order valence-electron chi connectivity index (χ3n) is 7.23. The van der Waals surface area contributed by atoms with Crippen LogP contribution in [0.4, 0.5) is 23.0 Å². The zero-order valence-corrected chi connectivity index (χ0v) is 22.2. The van der Waals surface area contributed by atoms with Gasteiger partial charge in [-0.2, -0.15) is 0 Å². The molecule has 0 amide bonds. The van der Waals surface area contributed by atoms with E-state index >= 15 is 0 Å². The summed E-state index contributed by atoms with van der Waals surface area (Å²) in [5.74, 6) is 0.563. The number of aromatic nitrogens is 2. The Labute approximate surface area is 229 Å². The summed E-state index contributed by atoms with van der Waals surface area (Å²) in [5, 5.41) is 15.4. The molecule has 5 rings (SSSR count). The predicted molar refractivity (Wildman–Crippen MR) is 156 cm³/mol. The lowest BCUT2D eigenvalue weighted by molar-refractivity contribution is -0.383. The number of rotatable bonds is 10. The first-order valence-electron chi connectivity index (χ1n) is 13.6. The molecule has 0 radical (unpaired) electrons. The Morgan fingerprint density at radius 2 is 1.49 bits per heavy atom. The fourth-order valence-electron chi connectivity index (χ4n) is 5.21. The molecule has 0 spiro atoms. The Morgan fingerprint density at radius 1 is 0.872 bits per heavy atom. The van der Waals surface area contributed by atoms with Crippen LogP contribution in [0.25, 0.3) is 0 Å². The van der Waals surface area contributed by atoms with E-state index in [-0.39, 0.29) is 22.5 Å². The van der Waals surface area contributed by atoms with Crippen LogP contribution in [-0.4, -0.2) is 46.0 Å². The monoisotopic (exact) mass is 522 g/mol. The number of piperazine rings is 1. The van der Waals surface area contributed by atoms with E-state index in [0.29, 0.717) is 18.9 Å². The van der Waals surface area contributed by atoms with Crippen molar-refractivity contribution >= 4 is 23.0 Å². The zero-order valence-electron chi connectivity index (χ0n) is 22.2. The summed E-state index contributed by atoms with van der Waals surface area (Å²) >= 11 is 0. The Balaban J connectivity index is 1.34. The molecule has 0 atom stereocenters. The third kappa shape index (κ3) is 6.23. The fourth-order valence-corrected chi connectivity index (χ4v) is 5.21. The van der Waals surface area contributed by atoms with Gasteiger partial charge in [-0.3, -0.25) is 15.0 Å². The van der Waals surface area contributed by atoms with E-state index in [1.807, 2.05) is 29.2 Å². The molecule has 0 unspecified atom stereocenters. The molecule has 4 aromatic rings. The van der Waals surface area contributed by atoms with E-state index < -0.39 is 0 Å². The van der Waals surface area contributed by atoms with E-state index in [1.54, 1.807) is 0 Å². The molecule has 8 heteroatoms. The molecule has 1 fully saturated rings. The number of hydrogen-bond donors (Lipinski definition) is 1. The molecule has 0 bridgehead atoms. The lowest BCUT2D eigenvalue weighted by atomic mass is 9.96. The molecule has 3 aromatic carbocycles. The zero-order chi connectivity index (χ0) is 27.0. The van der Waals surface area contributed by atoms with Crippen LogP contribution in [0.1, 0.15) is 42.5 Å². The number of hydrogen-bond acceptors (Lipinski definition) is 7. The second kappa shape index (κ2) is 12.5. The minimum Gasteiger partial charge on any atom is -0.348 e. The number of anilines is 3. The topological polar surface area (TPSA) is 87.4 Å². The van der Waals surface area contributed by atoms with Crippen LogP contribution < -0.4 is 10.2 Å². The fraction of sp³-hybridized carbons (Fsp3) is 0.290. The summed E-state index contributed by atoms with van der Waals surface area (Å²) < 4.78 is 0. The van der Waals surface area contributed by atoms with Gasteiger partial charge in [0.1, 0.15) is 6.33 Å². The quantitative estimate of drug-likeness (QED) is 0.191. The second-order valence-corrected chi connectivity index (χ2v) is 9.82. The van der Waals surface area contributed by atoms with E-state index in [9.17, 15) is 10.1 Å². The van der Waals surface area contributed by atoms with Crippen molar-refractivity contribution in [3.8, 4) is 0 Å². The average Bonchev–Trinajstić information content (AvgIpc) is 2.98. The van der Waals surface area contributed by atoms with Crippen LogP contribution in [0.2, 0.25) is 0 Å². The smallest absolute Gasteiger partial charge is 0.348 e. The number of benzene rings is 3. The minimum absolute atomic E-state index is 0.0938. The van der Waals surface area contributed by atoms with Crippen LogP contribution in [0.5, 0.6) is 0 Å². The first-order valence-corrected chi connectivity index (χ1v) is 13.6. The molecule has 1 aliphatic heterocycles. The van der Waals surface area contributed by atoms with Crippen molar-refractivity contribution in [3.63, 3.8) is 0 Å². The molecule has 8 nitrogen and oxygen atoms in total. The van der Waals surface area contributed by atoms with Gasteiger partial charge in [0.2, 0.25) is 11.6 Å². The maximum atomic E-state index is 12.2. The van der Waals surface area contributed by atoms with Gasteiger partial charge in [-0.25, -0.2) is 9.97 Å². The van der Waals surface area contributed by atoms with Gasteiger partial charge in [-0.1, -0.05) is 86.1 Å². The molecule has 1 N–H and O–H groups in total. The SMILES string of the molecule is CCCCc1ccc(Nc2ncnc(N3CCN(C(c4ccccc4)c4ccccc4)CC3)c2[N+](=O)[O-])cc1. The summed E-state index contributed by atoms with van der Waals surface area (Å²) in [6.45, 7) is 4.92. The number of unbranched alkanes of at least 4 members (excludes halogenated alkanes) is 1. The highest BCUT2D eigenvalue weighted by Crippen LogP contribution is 2.35. The Hall–Kier alpha value is -4.30. The van der Waals surface area contributed by atoms with Crippen molar-refractivity contribution in [3.05, 3.63) is 118 Å². The van der Waals surface area contributed by atoms with Crippen molar-refractivity contribution in [1.29, 1.82) is 0 Å². The molecule has 0 aliphatic carbocycles. The van der Waals surface area contributed by atoms with Gasteiger partial charge < -0.3 is 10.2 Å². The van der Waals surface area contributed by atoms with Gasteiger partial charge in [0, 0.05) is 31.9 Å². The largest absolute Gasteiger partial charge is 0.353 e. The highest BCUT2D eigenvalue weighted by Gasteiger charge is 2.32. The van der Waals surface area contributed by atoms with Gasteiger partial charge >= 0.3 is 5.69 Å². The maximum absolute atomic E-state index is 12.2. The average molecular weight is 523 g/mol. The number of aryl methyl sites for hydroxylation is 1. The summed E-state index contributed by atoms with van der Waals surface area (Å²) in [7, 11) is 0. The molecule has 39 heavy (non-hydrogen) atoms. The van der Waals surface area contributed by atoms with E-state index in [2.05, 4.69) is 87.8 Å². The van der Waals surface area contributed by atoms with Crippen LogP contribution in [-0.2, 0) is 6.42 Å². The summed E-state index contributed by atoms with van der Waals surface area (Å²) in [6, 6.07) is 29.1. The Kier molecular flexibility index (Phi) is 8.43. The van der Waals surface area contributed by atoms with Gasteiger partial charge in [0.15, 0.2) is 0 Å². The van der Waals surface area contributed by atoms with Crippen LogP contribution in [0, 0.1) is 10.1 Å². The van der Waals surface area contributed by atoms with Crippen molar-refractivity contribution < 1.29 is 4.92 Å². The summed E-state index contributed by atoms with van der Waals surface area (Å²) in [6.07, 6.45) is 4.71. The van der Waals surface area contributed by atoms with Crippen molar-refractivity contribution in [2.75, 3.05) is 36.4 Å². The first kappa shape index (κ1) is 26.3. The highest BCUT2D eigenvalue weighted by molar-refractivity contribution is 5.74. The molecule has 1 aromatic heterocycles. The highest BCUT2D eigenvalue weighted by atomic mass is 16.6. The molecular weight excluding hydrogens is 488 g/mol. The number of nitrogens with one attached hydrogen (secondary N) is 1. The van der Waals surface area contributed by atoms with Gasteiger partial charge in [-0.15, -0.1) is 0 Å². The lowest BCUT2D eigenvalue weighted by Crippen LogP contribution is -2.48. The standard InChI is InChI=1S/C31H34N6O2/c1-2-3-10-24-15-17-27(18-16-24)34-30-29(37(38)39)31(33-23-32-30)36-21-19-35(20-22-36)28(25-11-6-4-7-12-25)26-13-8-5-9-14-26/h4-9,11-18,23,28H,2-3,10,19-22H2,1H3,(H,32,33,34). The van der Waals surface area contributed by atoms with Crippen molar-refractivity contribution in [1.82, 2.24) is 14.9 Å². The molecule has 1 aliphatic rings. The van der Waals surface area contributed by atoms with Gasteiger partial charge in [-0.05, 0) is 41.7 Å². The number of nitrogens with zero attached hydrogens (tertiary/aromatic N) is 5. The Morgan fingerprint density at radius 3 is 2.05 bits per heavy atom. The second-order valence-electron chi connectivity index (χ2n) is 9.82. The third-order valence-corrected chi connectivity index (χ3v) is 7.23. The van der Waals surface area contributed by atoms with Gasteiger partial charge in [0.05, 0.1) is 11.0 Å². The summed E-state index contributed by atoms with van der Waals surface area (Å²) in [5.41, 5.74) is 4.39. The molecule has 2 heterocycles. The Bertz CT molecular complexity index is 1320. The van der Waals surface area contributed by atoms with Crippen LogP contribution >= 0.6 is 0 Å². The lowest BCUT2D eigenvalue weighted by Gasteiger charge is -2.40. The van der Waals surface area contributed by atoms with Crippen molar-refractivity contribution in [2.45, 2.75) is 32.2 Å². The number of nitro groups is 1. The van der Waals surface area contributed by atoms with E-state index in [0.717, 1.165) is 38.0 Å². The predicted octanol–water partition coefficient (Wildman–Crippen LogP) is 6.38. The van der Waals surface area contributed by atoms with E-state index in [1.165, 1.54) is 23.0 Å². The molecule has 200 valence electrons. The normalized spacial score (nSPS) is 13.9. The van der Waals surface area contributed by atoms with Crippen LogP contribution in [0.3, 0.4) is 0 Å². The van der Waals surface area contributed by atoms with Crippen LogP contribution in [0.15, 0.2) is 91.3 Å². The van der Waals surface area contributed by atoms with Gasteiger partial charge in [0.25, 0.3) is 0 Å². The molecule has 0 saturated carbocycles. The van der Waals surface area contributed by atoms with Crippen molar-refractivity contribution in [2.24, 2.45) is 0 Å². The maximum Gasteiger partial charge on any atom is 0.353 e. The molecule has 1 saturated heterocycles. The van der Waals surface area contributed by atoms with E-state index in [4.69, 9.17) is 0 Å². The minimum atomic E-state index is -0.379. The molecular formula is C31H34N6O2. The summed E-state index contributed by atoms with van der Waals surface area (Å²) in [4.78, 5) is 24.9.